The molecule has 0 aliphatic carbocycles. The number of carbonyl (C=O) groups excluding carboxylic acids is 2. The smallest absolute Gasteiger partial charge is 0.313 e. The Morgan fingerprint density at radius 3 is 2.37 bits per heavy atom. The quantitative estimate of drug-likeness (QED) is 0.680. The zero-order valence-electron chi connectivity index (χ0n) is 16.9. The summed E-state index contributed by atoms with van der Waals surface area (Å²) >= 11 is 0. The van der Waals surface area contributed by atoms with Gasteiger partial charge in [0.25, 0.3) is 0 Å². The van der Waals surface area contributed by atoms with Crippen molar-refractivity contribution < 1.29 is 22.7 Å². The molecular weight excluding hydrogens is 406 g/mol. The molecule has 0 bridgehead atoms. The number of nitrogens with zero attached hydrogens (tertiary/aromatic N) is 1. The average Bonchev–Trinajstić information content (AvgIpc) is 3.22. The van der Waals surface area contributed by atoms with E-state index in [2.05, 4.69) is 10.6 Å². The molecule has 2 aromatic carbocycles. The van der Waals surface area contributed by atoms with Crippen molar-refractivity contribution in [1.29, 1.82) is 0 Å². The molecule has 0 spiro atoms. The fourth-order valence-electron chi connectivity index (χ4n) is 3.33. The molecule has 1 saturated heterocycles. The number of carbonyl (C=O) groups is 2. The van der Waals surface area contributed by atoms with Crippen LogP contribution < -0.4 is 15.4 Å². The minimum absolute atomic E-state index is 0.0694. The molecule has 1 atom stereocenters. The van der Waals surface area contributed by atoms with Crippen molar-refractivity contribution >= 4 is 27.5 Å². The van der Waals surface area contributed by atoms with E-state index < -0.39 is 27.9 Å². The molecule has 160 valence electrons. The van der Waals surface area contributed by atoms with E-state index >= 15 is 0 Å². The minimum atomic E-state index is -3.66. The molecule has 9 heteroatoms. The van der Waals surface area contributed by atoms with Gasteiger partial charge in [-0.3, -0.25) is 9.59 Å². The van der Waals surface area contributed by atoms with Crippen LogP contribution in [0.25, 0.3) is 0 Å². The molecule has 30 heavy (non-hydrogen) atoms. The maximum Gasteiger partial charge on any atom is 0.313 e. The van der Waals surface area contributed by atoms with Crippen LogP contribution in [-0.4, -0.2) is 50.8 Å². The second-order valence-electron chi connectivity index (χ2n) is 7.12. The number of ether oxygens (including phenoxy) is 1. The van der Waals surface area contributed by atoms with Gasteiger partial charge in [0.05, 0.1) is 12.0 Å². The van der Waals surface area contributed by atoms with E-state index in [9.17, 15) is 18.0 Å². The standard InChI is InChI=1S/C21H25N3O5S/c1-15-5-11-19(12-6-15)30(27,28)24-13-3-4-17(24)14-22-20(25)21(26)23-16-7-9-18(29-2)10-8-16/h5-12,17H,3-4,13-14H2,1-2H3,(H,22,25)(H,23,26)/t17-/m0/s1. The van der Waals surface area contributed by atoms with Crippen LogP contribution in [0.2, 0.25) is 0 Å². The Hall–Kier alpha value is -2.91. The fourth-order valence-corrected chi connectivity index (χ4v) is 5.02. The van der Waals surface area contributed by atoms with Gasteiger partial charge < -0.3 is 15.4 Å². The number of hydrogen-bond donors (Lipinski definition) is 2. The summed E-state index contributed by atoms with van der Waals surface area (Å²) in [7, 11) is -2.12. The van der Waals surface area contributed by atoms with Gasteiger partial charge in [0.1, 0.15) is 5.75 Å². The number of methoxy groups -OCH3 is 1. The number of amides is 2. The van der Waals surface area contributed by atoms with Crippen LogP contribution in [-0.2, 0) is 19.6 Å². The predicted octanol–water partition coefficient (Wildman–Crippen LogP) is 1.91. The van der Waals surface area contributed by atoms with E-state index in [1.165, 1.54) is 11.4 Å². The van der Waals surface area contributed by atoms with Gasteiger partial charge in [-0.05, 0) is 56.2 Å². The summed E-state index contributed by atoms with van der Waals surface area (Å²) in [5.74, 6) is -0.995. The molecule has 0 saturated carbocycles. The number of sulfonamides is 1. The van der Waals surface area contributed by atoms with Gasteiger partial charge in [-0.25, -0.2) is 8.42 Å². The third kappa shape index (κ3) is 4.98. The number of nitrogens with one attached hydrogen (secondary N) is 2. The Morgan fingerprint density at radius 2 is 1.73 bits per heavy atom. The number of rotatable bonds is 6. The second kappa shape index (κ2) is 9.27. The summed E-state index contributed by atoms with van der Waals surface area (Å²) in [5.41, 5.74) is 1.43. The number of anilines is 1. The van der Waals surface area contributed by atoms with E-state index in [1.54, 1.807) is 48.5 Å². The van der Waals surface area contributed by atoms with Crippen LogP contribution in [0.5, 0.6) is 5.75 Å². The van der Waals surface area contributed by atoms with Crippen molar-refractivity contribution in [3.8, 4) is 5.75 Å². The number of hydrogen-bond acceptors (Lipinski definition) is 5. The molecule has 8 nitrogen and oxygen atoms in total. The first-order valence-corrected chi connectivity index (χ1v) is 11.1. The SMILES string of the molecule is COc1ccc(NC(=O)C(=O)NC[C@@H]2CCCN2S(=O)(=O)c2ccc(C)cc2)cc1. The van der Waals surface area contributed by atoms with Crippen LogP contribution in [0.4, 0.5) is 5.69 Å². The average molecular weight is 432 g/mol. The molecule has 0 unspecified atom stereocenters. The maximum atomic E-state index is 13.0. The van der Waals surface area contributed by atoms with Crippen LogP contribution in [0.3, 0.4) is 0 Å². The summed E-state index contributed by atoms with van der Waals surface area (Å²) in [4.78, 5) is 24.5. The summed E-state index contributed by atoms with van der Waals surface area (Å²) in [6.07, 6.45) is 1.31. The van der Waals surface area contributed by atoms with Crippen molar-refractivity contribution in [3.63, 3.8) is 0 Å². The Kier molecular flexibility index (Phi) is 6.73. The van der Waals surface area contributed by atoms with E-state index in [0.717, 1.165) is 5.56 Å². The molecule has 3 rings (SSSR count). The third-order valence-electron chi connectivity index (χ3n) is 5.00. The highest BCUT2D eigenvalue weighted by molar-refractivity contribution is 7.89. The molecule has 1 heterocycles. The lowest BCUT2D eigenvalue weighted by Crippen LogP contribution is -2.45. The Balaban J connectivity index is 1.59. The number of aryl methyl sites for hydroxylation is 1. The van der Waals surface area contributed by atoms with Crippen LogP contribution in [0.1, 0.15) is 18.4 Å². The van der Waals surface area contributed by atoms with Crippen molar-refractivity contribution in [2.75, 3.05) is 25.5 Å². The molecule has 0 radical (unpaired) electrons. The van der Waals surface area contributed by atoms with Crippen LogP contribution in [0, 0.1) is 6.92 Å². The van der Waals surface area contributed by atoms with E-state index in [4.69, 9.17) is 4.74 Å². The van der Waals surface area contributed by atoms with Gasteiger partial charge in [0.2, 0.25) is 10.0 Å². The first kappa shape index (κ1) is 21.8. The monoisotopic (exact) mass is 431 g/mol. The Morgan fingerprint density at radius 1 is 1.07 bits per heavy atom. The minimum Gasteiger partial charge on any atom is -0.497 e. The topological polar surface area (TPSA) is 105 Å². The highest BCUT2D eigenvalue weighted by Gasteiger charge is 2.35. The molecule has 2 N–H and O–H groups in total. The van der Waals surface area contributed by atoms with Crippen molar-refractivity contribution in [1.82, 2.24) is 9.62 Å². The molecular formula is C21H25N3O5S. The second-order valence-corrected chi connectivity index (χ2v) is 9.01. The zero-order chi connectivity index (χ0) is 21.7. The first-order chi connectivity index (χ1) is 14.3. The Bertz CT molecular complexity index is 1000. The van der Waals surface area contributed by atoms with Gasteiger partial charge in [-0.2, -0.15) is 4.31 Å². The number of benzene rings is 2. The van der Waals surface area contributed by atoms with Crippen molar-refractivity contribution in [3.05, 3.63) is 54.1 Å². The predicted molar refractivity (Wildman–Crippen MR) is 113 cm³/mol. The van der Waals surface area contributed by atoms with Gasteiger partial charge >= 0.3 is 11.8 Å². The summed E-state index contributed by atoms with van der Waals surface area (Å²) in [5, 5.41) is 5.05. The summed E-state index contributed by atoms with van der Waals surface area (Å²) in [6.45, 7) is 2.34. The van der Waals surface area contributed by atoms with E-state index in [0.29, 0.717) is 30.8 Å². The summed E-state index contributed by atoms with van der Waals surface area (Å²) in [6, 6.07) is 12.9. The van der Waals surface area contributed by atoms with Crippen LogP contribution >= 0.6 is 0 Å². The van der Waals surface area contributed by atoms with Gasteiger partial charge in [0.15, 0.2) is 0 Å². The zero-order valence-corrected chi connectivity index (χ0v) is 17.7. The lowest BCUT2D eigenvalue weighted by molar-refractivity contribution is -0.136. The van der Waals surface area contributed by atoms with Gasteiger partial charge in [-0.15, -0.1) is 0 Å². The van der Waals surface area contributed by atoms with Crippen LogP contribution in [0.15, 0.2) is 53.4 Å². The van der Waals surface area contributed by atoms with Gasteiger partial charge in [-0.1, -0.05) is 17.7 Å². The molecule has 1 aliphatic heterocycles. The summed E-state index contributed by atoms with van der Waals surface area (Å²) < 4.78 is 32.4. The highest BCUT2D eigenvalue weighted by atomic mass is 32.2. The highest BCUT2D eigenvalue weighted by Crippen LogP contribution is 2.26. The fraction of sp³-hybridized carbons (Fsp3) is 0.333. The van der Waals surface area contributed by atoms with E-state index in [1.807, 2.05) is 6.92 Å². The molecule has 1 aliphatic rings. The molecule has 1 fully saturated rings. The molecule has 0 aromatic heterocycles. The lowest BCUT2D eigenvalue weighted by atomic mass is 10.2. The van der Waals surface area contributed by atoms with E-state index in [-0.39, 0.29) is 11.4 Å². The lowest BCUT2D eigenvalue weighted by Gasteiger charge is -2.24. The van der Waals surface area contributed by atoms with Crippen molar-refractivity contribution in [2.24, 2.45) is 0 Å². The largest absolute Gasteiger partial charge is 0.497 e. The van der Waals surface area contributed by atoms with Crippen molar-refractivity contribution in [2.45, 2.75) is 30.7 Å². The third-order valence-corrected chi connectivity index (χ3v) is 6.97. The van der Waals surface area contributed by atoms with Gasteiger partial charge in [0, 0.05) is 24.8 Å². The normalized spacial score (nSPS) is 16.8. The molecule has 2 amide bonds. The maximum absolute atomic E-state index is 13.0. The first-order valence-electron chi connectivity index (χ1n) is 9.63. The Labute approximate surface area is 176 Å². The molecule has 2 aromatic rings.